The van der Waals surface area contributed by atoms with Crippen LogP contribution in [-0.2, 0) is 16.1 Å². The molecule has 1 saturated heterocycles. The third kappa shape index (κ3) is 4.20. The zero-order valence-electron chi connectivity index (χ0n) is 19.0. The topological polar surface area (TPSA) is 67.7 Å². The molecule has 0 spiro atoms. The van der Waals surface area contributed by atoms with Crippen molar-refractivity contribution in [2.75, 3.05) is 32.1 Å². The van der Waals surface area contributed by atoms with Crippen LogP contribution in [0.15, 0.2) is 48.5 Å². The zero-order valence-corrected chi connectivity index (χ0v) is 19.0. The molecule has 1 fully saturated rings. The lowest BCUT2D eigenvalue weighted by Crippen LogP contribution is -2.32. The normalized spacial score (nSPS) is 16.0. The molecule has 1 aliphatic rings. The molecule has 0 saturated carbocycles. The van der Waals surface area contributed by atoms with Gasteiger partial charge < -0.3 is 19.1 Å². The minimum absolute atomic E-state index is 0.0319. The first-order valence-electron chi connectivity index (χ1n) is 11.2. The predicted octanol–water partition coefficient (Wildman–Crippen LogP) is 3.82. The van der Waals surface area contributed by atoms with E-state index in [-0.39, 0.29) is 24.3 Å². The number of amides is 2. The Balaban J connectivity index is 1.65. The molecular weight excluding hydrogens is 404 g/mol. The van der Waals surface area contributed by atoms with Gasteiger partial charge in [0.25, 0.3) is 0 Å². The van der Waals surface area contributed by atoms with Crippen LogP contribution in [0.2, 0.25) is 0 Å². The molecule has 2 amide bonds. The van der Waals surface area contributed by atoms with E-state index in [2.05, 4.69) is 6.92 Å². The van der Waals surface area contributed by atoms with Gasteiger partial charge in [-0.2, -0.15) is 0 Å². The van der Waals surface area contributed by atoms with Crippen LogP contribution in [0.4, 0.5) is 5.69 Å². The number of ether oxygens (including phenoxy) is 1. The van der Waals surface area contributed by atoms with Crippen molar-refractivity contribution in [1.29, 1.82) is 0 Å². The number of likely N-dealkylation sites (N-methyl/N-ethyl adjacent to an activating group) is 1. The lowest BCUT2D eigenvalue weighted by molar-refractivity contribution is -0.130. The molecule has 2 aromatic carbocycles. The number of carbonyl (C=O) groups excluding carboxylic acids is 2. The molecule has 2 heterocycles. The van der Waals surface area contributed by atoms with Gasteiger partial charge in [0.15, 0.2) is 0 Å². The summed E-state index contributed by atoms with van der Waals surface area (Å²) in [5.74, 6) is 1.43. The maximum atomic E-state index is 13.0. The van der Waals surface area contributed by atoms with Gasteiger partial charge in [0.05, 0.1) is 23.8 Å². The van der Waals surface area contributed by atoms with Crippen molar-refractivity contribution < 1.29 is 14.3 Å². The van der Waals surface area contributed by atoms with Crippen molar-refractivity contribution in [3.63, 3.8) is 0 Å². The van der Waals surface area contributed by atoms with Crippen molar-refractivity contribution in [2.45, 2.75) is 38.6 Å². The number of carbonyl (C=O) groups is 2. The second kappa shape index (κ2) is 9.42. The van der Waals surface area contributed by atoms with E-state index in [9.17, 15) is 9.59 Å². The number of para-hydroxylation sites is 4. The first kappa shape index (κ1) is 21.9. The number of rotatable bonds is 8. The van der Waals surface area contributed by atoms with Crippen molar-refractivity contribution in [1.82, 2.24) is 14.5 Å². The first-order chi connectivity index (χ1) is 15.5. The molecule has 0 bridgehead atoms. The van der Waals surface area contributed by atoms with Gasteiger partial charge in [0.1, 0.15) is 18.1 Å². The first-order valence-corrected chi connectivity index (χ1v) is 11.2. The summed E-state index contributed by atoms with van der Waals surface area (Å²) in [5, 5.41) is 0. The highest BCUT2D eigenvalue weighted by Gasteiger charge is 2.36. The molecule has 32 heavy (non-hydrogen) atoms. The van der Waals surface area contributed by atoms with E-state index in [1.54, 1.807) is 16.9 Å². The maximum Gasteiger partial charge on any atom is 0.242 e. The number of nitrogens with zero attached hydrogens (tertiary/aromatic N) is 4. The lowest BCUT2D eigenvalue weighted by Gasteiger charge is -2.21. The van der Waals surface area contributed by atoms with Crippen LogP contribution in [0.5, 0.6) is 5.75 Å². The Morgan fingerprint density at radius 3 is 2.72 bits per heavy atom. The Morgan fingerprint density at radius 1 is 1.19 bits per heavy atom. The molecule has 168 valence electrons. The van der Waals surface area contributed by atoms with Gasteiger partial charge in [-0.3, -0.25) is 9.59 Å². The quantitative estimate of drug-likeness (QED) is 0.541. The molecule has 7 nitrogen and oxygen atoms in total. The molecule has 0 aliphatic carbocycles. The number of imidazole rings is 1. The number of hydrogen-bond acceptors (Lipinski definition) is 4. The Kier molecular flexibility index (Phi) is 6.44. The van der Waals surface area contributed by atoms with E-state index in [0.29, 0.717) is 18.7 Å². The highest BCUT2D eigenvalue weighted by atomic mass is 16.5. The van der Waals surface area contributed by atoms with E-state index >= 15 is 0 Å². The van der Waals surface area contributed by atoms with Crippen LogP contribution >= 0.6 is 0 Å². The maximum absolute atomic E-state index is 13.0. The van der Waals surface area contributed by atoms with Gasteiger partial charge in [-0.1, -0.05) is 37.6 Å². The summed E-state index contributed by atoms with van der Waals surface area (Å²) < 4.78 is 7.45. The molecule has 0 radical (unpaired) electrons. The number of unbranched alkanes of at least 4 members (excludes halogenated alkanes) is 1. The summed E-state index contributed by atoms with van der Waals surface area (Å²) in [7, 11) is 3.45. The lowest BCUT2D eigenvalue weighted by atomic mass is 10.1. The van der Waals surface area contributed by atoms with E-state index in [1.165, 1.54) is 0 Å². The van der Waals surface area contributed by atoms with E-state index < -0.39 is 0 Å². The Labute approximate surface area is 188 Å². The summed E-state index contributed by atoms with van der Waals surface area (Å²) in [4.78, 5) is 34.3. The Bertz CT molecular complexity index is 1120. The largest absolute Gasteiger partial charge is 0.495 e. The highest BCUT2D eigenvalue weighted by Crippen LogP contribution is 2.37. The molecular formula is C25H30N4O3. The summed E-state index contributed by atoms with van der Waals surface area (Å²) in [6.07, 6.45) is 2.37. The molecule has 1 aromatic heterocycles. The molecule has 0 N–H and O–H groups in total. The molecule has 7 heteroatoms. The van der Waals surface area contributed by atoms with Crippen molar-refractivity contribution >= 4 is 28.5 Å². The molecule has 4 rings (SSSR count). The third-order valence-corrected chi connectivity index (χ3v) is 6.12. The van der Waals surface area contributed by atoms with Gasteiger partial charge in [-0.05, 0) is 30.7 Å². The van der Waals surface area contributed by atoms with Crippen molar-refractivity contribution in [3.8, 4) is 5.75 Å². The van der Waals surface area contributed by atoms with E-state index in [0.717, 1.165) is 41.9 Å². The van der Waals surface area contributed by atoms with Crippen LogP contribution in [0.3, 0.4) is 0 Å². The van der Waals surface area contributed by atoms with Gasteiger partial charge in [-0.15, -0.1) is 0 Å². The molecule has 1 atom stereocenters. The number of benzene rings is 2. The van der Waals surface area contributed by atoms with Crippen molar-refractivity contribution in [3.05, 3.63) is 54.4 Å². The average molecular weight is 435 g/mol. The van der Waals surface area contributed by atoms with Crippen LogP contribution in [-0.4, -0.2) is 53.5 Å². The standard InChI is InChI=1S/C25H30N4O3/c1-4-5-14-27(2)24(31)17-29-20-11-7-6-10-19(20)26-25(29)18-15-23(30)28(16-18)21-12-8-9-13-22(21)32-3/h6-13,18H,4-5,14-17H2,1-3H3/t18-/m0/s1. The highest BCUT2D eigenvalue weighted by molar-refractivity contribution is 5.98. The fraction of sp³-hybridized carbons (Fsp3) is 0.400. The van der Waals surface area contributed by atoms with E-state index in [4.69, 9.17) is 9.72 Å². The number of hydrogen-bond donors (Lipinski definition) is 0. The van der Waals surface area contributed by atoms with Crippen LogP contribution in [0.25, 0.3) is 11.0 Å². The second-order valence-corrected chi connectivity index (χ2v) is 8.29. The second-order valence-electron chi connectivity index (χ2n) is 8.29. The minimum Gasteiger partial charge on any atom is -0.495 e. The summed E-state index contributed by atoms with van der Waals surface area (Å²) in [6.45, 7) is 3.57. The summed E-state index contributed by atoms with van der Waals surface area (Å²) in [5.41, 5.74) is 2.53. The summed E-state index contributed by atoms with van der Waals surface area (Å²) in [6, 6.07) is 15.4. The van der Waals surface area contributed by atoms with Crippen molar-refractivity contribution in [2.24, 2.45) is 0 Å². The van der Waals surface area contributed by atoms with Gasteiger partial charge in [-0.25, -0.2) is 4.98 Å². The van der Waals surface area contributed by atoms with E-state index in [1.807, 2.05) is 60.1 Å². The fourth-order valence-electron chi connectivity index (χ4n) is 4.31. The van der Waals surface area contributed by atoms with Crippen LogP contribution in [0.1, 0.15) is 37.9 Å². The zero-order chi connectivity index (χ0) is 22.7. The fourth-order valence-corrected chi connectivity index (χ4v) is 4.31. The number of fused-ring (bicyclic) bond motifs is 1. The monoisotopic (exact) mass is 434 g/mol. The number of aromatic nitrogens is 2. The average Bonchev–Trinajstić information content (AvgIpc) is 3.37. The van der Waals surface area contributed by atoms with Gasteiger partial charge >= 0.3 is 0 Å². The smallest absolute Gasteiger partial charge is 0.242 e. The van der Waals surface area contributed by atoms with Gasteiger partial charge in [0.2, 0.25) is 11.8 Å². The number of methoxy groups -OCH3 is 1. The SMILES string of the molecule is CCCCN(C)C(=O)Cn1c([C@H]2CC(=O)N(c3ccccc3OC)C2)nc2ccccc21. The third-order valence-electron chi connectivity index (χ3n) is 6.12. The Hall–Kier alpha value is -3.35. The number of anilines is 1. The van der Waals surface area contributed by atoms with Crippen LogP contribution < -0.4 is 9.64 Å². The predicted molar refractivity (Wildman–Crippen MR) is 125 cm³/mol. The van der Waals surface area contributed by atoms with Crippen LogP contribution in [0, 0.1) is 0 Å². The summed E-state index contributed by atoms with van der Waals surface area (Å²) >= 11 is 0. The molecule has 3 aromatic rings. The minimum atomic E-state index is -0.103. The molecule has 1 aliphatic heterocycles. The molecule has 0 unspecified atom stereocenters. The van der Waals surface area contributed by atoms with Gasteiger partial charge in [0, 0.05) is 32.5 Å². The Morgan fingerprint density at radius 2 is 1.94 bits per heavy atom.